The van der Waals surface area contributed by atoms with Crippen LogP contribution < -0.4 is 19.7 Å². The van der Waals surface area contributed by atoms with Crippen molar-refractivity contribution in [2.24, 2.45) is 5.41 Å². The van der Waals surface area contributed by atoms with Gasteiger partial charge in [0, 0.05) is 75.3 Å². The number of nitrogens with one attached hydrogen (secondary N) is 3. The minimum Gasteiger partial charge on any atom is -0.455 e. The number of H-pyrrole nitrogens is 1. The van der Waals surface area contributed by atoms with Crippen molar-refractivity contribution >= 4 is 49.6 Å². The van der Waals surface area contributed by atoms with Crippen molar-refractivity contribution in [2.45, 2.75) is 76.5 Å². The number of fused-ring (bicyclic) bond motifs is 1. The van der Waals surface area contributed by atoms with Crippen molar-refractivity contribution in [2.75, 3.05) is 56.1 Å². The Labute approximate surface area is 375 Å². The molecule has 3 aromatic carbocycles. The number of nitrogens with zero attached hydrogens (tertiary/aromatic N) is 4. The normalized spacial score (nSPS) is 18.4. The van der Waals surface area contributed by atoms with Crippen LogP contribution in [0.25, 0.3) is 16.6 Å². The third kappa shape index (κ3) is 10.6. The smallest absolute Gasteiger partial charge is 0.416 e. The number of halogens is 3. The van der Waals surface area contributed by atoms with Crippen molar-refractivity contribution in [3.05, 3.63) is 117 Å². The van der Waals surface area contributed by atoms with E-state index in [-0.39, 0.29) is 28.5 Å². The fourth-order valence-corrected chi connectivity index (χ4v) is 9.88. The predicted molar refractivity (Wildman–Crippen MR) is 242 cm³/mol. The van der Waals surface area contributed by atoms with Gasteiger partial charge in [0.1, 0.15) is 22.8 Å². The number of hydrogen-bond donors (Lipinski definition) is 3. The van der Waals surface area contributed by atoms with Crippen molar-refractivity contribution in [1.29, 1.82) is 0 Å². The van der Waals surface area contributed by atoms with Crippen LogP contribution >= 0.6 is 0 Å². The number of rotatable bonds is 13. The van der Waals surface area contributed by atoms with E-state index in [0.717, 1.165) is 66.8 Å². The number of carbonyl (C=O) groups excluding carboxylic acids is 1. The number of nitro benzene ring substituents is 1. The van der Waals surface area contributed by atoms with Crippen LogP contribution in [0.2, 0.25) is 0 Å². The van der Waals surface area contributed by atoms with Crippen LogP contribution in [0.1, 0.15) is 79.4 Å². The average molecular weight is 916 g/mol. The highest BCUT2D eigenvalue weighted by Crippen LogP contribution is 2.45. The molecule has 4 heterocycles. The molecular weight excluding hydrogens is 864 g/mol. The molecule has 14 nitrogen and oxygen atoms in total. The number of anilines is 2. The second-order valence-corrected chi connectivity index (χ2v) is 19.5. The van der Waals surface area contributed by atoms with Crippen LogP contribution in [0.4, 0.5) is 30.2 Å². The lowest BCUT2D eigenvalue weighted by molar-refractivity contribution is -0.384. The Kier molecular flexibility index (Phi) is 13.0. The number of hydrogen-bond acceptors (Lipinski definition) is 11. The van der Waals surface area contributed by atoms with Gasteiger partial charge in [-0.3, -0.25) is 19.8 Å². The van der Waals surface area contributed by atoms with Gasteiger partial charge in [-0.1, -0.05) is 25.5 Å². The summed E-state index contributed by atoms with van der Waals surface area (Å²) in [6.07, 6.45) is 4.00. The summed E-state index contributed by atoms with van der Waals surface area (Å²) in [6, 6.07) is 15.9. The van der Waals surface area contributed by atoms with Crippen LogP contribution in [0, 0.1) is 22.5 Å². The van der Waals surface area contributed by atoms with Crippen LogP contribution in [-0.2, 0) is 20.9 Å². The van der Waals surface area contributed by atoms with Crippen molar-refractivity contribution in [3.8, 4) is 11.5 Å². The van der Waals surface area contributed by atoms with E-state index in [1.165, 1.54) is 42.1 Å². The number of pyridine rings is 1. The Morgan fingerprint density at radius 1 is 1.05 bits per heavy atom. The molecule has 5 aromatic rings. The maximum absolute atomic E-state index is 13.9. The molecule has 1 unspecified atom stereocenters. The standard InChI is InChI=1S/C47H52F3N7O7S/c1-30-22-33(47(48,49)50)7-10-38(30)40-26-46(2,3)15-13-32(40)29-55-17-19-56(20-18-55)34-8-11-39(43(24-34)64-36-23-31-14-16-51-44(31)53-28-36)45(58)54-65(61,62)37-9-12-41(42(25-37)57(59)60)52-27-35-6-4-5-21-63-35/h7-12,14,16,22-25,28,35,52H,4-6,13,15,17-21,26-27,29H2,1-3H3,(H,51,53)(H,54,58). The highest BCUT2D eigenvalue weighted by molar-refractivity contribution is 7.90. The summed E-state index contributed by atoms with van der Waals surface area (Å²) in [5.41, 5.74) is 4.11. The van der Waals surface area contributed by atoms with Gasteiger partial charge in [0.15, 0.2) is 0 Å². The second-order valence-electron chi connectivity index (χ2n) is 17.8. The van der Waals surface area contributed by atoms with Gasteiger partial charge in [0.05, 0.1) is 33.2 Å². The van der Waals surface area contributed by atoms with Gasteiger partial charge in [-0.05, 0) is 116 Å². The van der Waals surface area contributed by atoms with E-state index in [1.807, 2.05) is 6.07 Å². The van der Waals surface area contributed by atoms with Gasteiger partial charge in [-0.25, -0.2) is 18.1 Å². The summed E-state index contributed by atoms with van der Waals surface area (Å²) in [6.45, 7) is 10.3. The lowest BCUT2D eigenvalue weighted by Crippen LogP contribution is -2.47. The molecule has 2 saturated heterocycles. The first-order chi connectivity index (χ1) is 30.9. The summed E-state index contributed by atoms with van der Waals surface area (Å²) in [7, 11) is -4.61. The Balaban J connectivity index is 1.01. The highest BCUT2D eigenvalue weighted by atomic mass is 32.2. The molecule has 1 atom stereocenters. The summed E-state index contributed by atoms with van der Waals surface area (Å²) in [5.74, 6) is -0.637. The maximum atomic E-state index is 13.9. The topological polar surface area (TPSA) is 172 Å². The molecule has 65 heavy (non-hydrogen) atoms. The zero-order chi connectivity index (χ0) is 46.1. The fourth-order valence-electron chi connectivity index (χ4n) is 8.89. The molecule has 0 bridgehead atoms. The molecule has 1 aliphatic carbocycles. The third-order valence-corrected chi connectivity index (χ3v) is 13.9. The van der Waals surface area contributed by atoms with E-state index >= 15 is 0 Å². The number of piperazine rings is 1. The number of benzene rings is 3. The number of nitro groups is 1. The van der Waals surface area contributed by atoms with E-state index in [4.69, 9.17) is 9.47 Å². The third-order valence-electron chi connectivity index (χ3n) is 12.5. The van der Waals surface area contributed by atoms with Gasteiger partial charge >= 0.3 is 6.18 Å². The van der Waals surface area contributed by atoms with Crippen LogP contribution in [0.3, 0.4) is 0 Å². The SMILES string of the molecule is Cc1cc(C(F)(F)F)ccc1C1=C(CN2CCN(c3ccc(C(=O)NS(=O)(=O)c4ccc(NCC5CCCCO5)c([N+](=O)[O-])c4)c(Oc4cnc5[nH]ccc5c4)c3)CC2)CCC(C)(C)C1. The number of allylic oxidation sites excluding steroid dienone is 1. The van der Waals surface area contributed by atoms with E-state index in [2.05, 4.69) is 43.7 Å². The van der Waals surface area contributed by atoms with Crippen LogP contribution in [-0.4, -0.2) is 86.1 Å². The number of aryl methyl sites for hydroxylation is 1. The van der Waals surface area contributed by atoms with Gasteiger partial charge in [-0.2, -0.15) is 13.2 Å². The van der Waals surface area contributed by atoms with Gasteiger partial charge < -0.3 is 24.7 Å². The molecule has 2 aliphatic heterocycles. The van der Waals surface area contributed by atoms with Crippen LogP contribution in [0.15, 0.2) is 89.6 Å². The highest BCUT2D eigenvalue weighted by Gasteiger charge is 2.34. The summed E-state index contributed by atoms with van der Waals surface area (Å²) < 4.78 is 82.1. The van der Waals surface area contributed by atoms with E-state index in [1.54, 1.807) is 37.4 Å². The van der Waals surface area contributed by atoms with Crippen LogP contribution in [0.5, 0.6) is 11.5 Å². The zero-order valence-corrected chi connectivity index (χ0v) is 37.3. The fraction of sp³-hybridized carbons (Fsp3) is 0.404. The Hall–Kier alpha value is -5.98. The number of ether oxygens (including phenoxy) is 2. The molecule has 0 radical (unpaired) electrons. The molecule has 3 N–H and O–H groups in total. The monoisotopic (exact) mass is 915 g/mol. The molecule has 8 rings (SSSR count). The van der Waals surface area contributed by atoms with Crippen molar-refractivity contribution < 1.29 is 40.8 Å². The maximum Gasteiger partial charge on any atom is 0.416 e. The molecule has 3 aliphatic rings. The second kappa shape index (κ2) is 18.5. The molecule has 0 saturated carbocycles. The number of carbonyl (C=O) groups is 1. The molecule has 344 valence electrons. The summed E-state index contributed by atoms with van der Waals surface area (Å²) >= 11 is 0. The lowest BCUT2D eigenvalue weighted by Gasteiger charge is -2.39. The van der Waals surface area contributed by atoms with Crippen molar-refractivity contribution in [3.63, 3.8) is 0 Å². The molecule has 2 fully saturated rings. The number of aromatic amines is 1. The quantitative estimate of drug-likeness (QED) is 0.0759. The largest absolute Gasteiger partial charge is 0.455 e. The van der Waals surface area contributed by atoms with E-state index < -0.39 is 43.2 Å². The van der Waals surface area contributed by atoms with Crippen molar-refractivity contribution in [1.82, 2.24) is 19.6 Å². The predicted octanol–water partition coefficient (Wildman–Crippen LogP) is 9.48. The van der Waals surface area contributed by atoms with Gasteiger partial charge in [0.25, 0.3) is 21.6 Å². The first kappa shape index (κ1) is 45.6. The zero-order valence-electron chi connectivity index (χ0n) is 36.5. The lowest BCUT2D eigenvalue weighted by atomic mass is 9.72. The van der Waals surface area contributed by atoms with Gasteiger partial charge in [-0.15, -0.1) is 0 Å². The molecule has 1 amide bonds. The minimum absolute atomic E-state index is 0.0111. The number of alkyl halides is 3. The Morgan fingerprint density at radius 3 is 2.57 bits per heavy atom. The minimum atomic E-state index is -4.61. The molecule has 2 aromatic heterocycles. The number of aromatic nitrogens is 2. The average Bonchev–Trinajstić information content (AvgIpc) is 3.74. The number of sulfonamides is 1. The Morgan fingerprint density at radius 2 is 1.85 bits per heavy atom. The first-order valence-electron chi connectivity index (χ1n) is 21.7. The Bertz CT molecular complexity index is 2740. The van der Waals surface area contributed by atoms with Gasteiger partial charge in [0.2, 0.25) is 0 Å². The summed E-state index contributed by atoms with van der Waals surface area (Å²) in [4.78, 5) is 36.8. The molecule has 0 spiro atoms. The summed E-state index contributed by atoms with van der Waals surface area (Å²) in [5, 5.41) is 15.8. The first-order valence-corrected chi connectivity index (χ1v) is 23.2. The molecule has 18 heteroatoms. The number of amides is 1. The van der Waals surface area contributed by atoms with E-state index in [0.29, 0.717) is 62.8 Å². The van der Waals surface area contributed by atoms with E-state index in [9.17, 15) is 36.5 Å². The molecular formula is C47H52F3N7O7S.